The number of benzene rings is 1. The molecule has 6 heteroatoms. The Labute approximate surface area is 164 Å². The van der Waals surface area contributed by atoms with E-state index in [1.807, 2.05) is 49.1 Å². The molecular weight excluding hydrogens is 358 g/mol. The van der Waals surface area contributed by atoms with Crippen molar-refractivity contribution in [2.45, 2.75) is 51.7 Å². The highest BCUT2D eigenvalue weighted by Gasteiger charge is 2.31. The molecule has 0 aliphatic carbocycles. The van der Waals surface area contributed by atoms with Crippen LogP contribution in [0.1, 0.15) is 37.9 Å². The number of para-hydroxylation sites is 1. The van der Waals surface area contributed by atoms with E-state index in [1.54, 1.807) is 4.57 Å². The van der Waals surface area contributed by atoms with Crippen LogP contribution in [0.15, 0.2) is 40.3 Å². The second kappa shape index (κ2) is 8.74. The topological polar surface area (TPSA) is 55.2 Å². The lowest BCUT2D eigenvalue weighted by molar-refractivity contribution is -0.122. The van der Waals surface area contributed by atoms with Crippen molar-refractivity contribution >= 4 is 23.4 Å². The van der Waals surface area contributed by atoms with Crippen LogP contribution in [0, 0.1) is 12.8 Å². The lowest BCUT2D eigenvalue weighted by Crippen LogP contribution is -2.43. The molecule has 1 atom stereocenters. The maximum absolute atomic E-state index is 13.3. The molecule has 1 aliphatic heterocycles. The van der Waals surface area contributed by atoms with Crippen LogP contribution in [-0.4, -0.2) is 27.8 Å². The van der Waals surface area contributed by atoms with E-state index in [4.69, 9.17) is 0 Å². The highest BCUT2D eigenvalue weighted by molar-refractivity contribution is 7.99. The van der Waals surface area contributed by atoms with Crippen LogP contribution in [0.5, 0.6) is 0 Å². The van der Waals surface area contributed by atoms with Gasteiger partial charge in [0, 0.05) is 35.8 Å². The molecule has 2 heterocycles. The molecule has 0 bridgehead atoms. The predicted molar refractivity (Wildman–Crippen MR) is 111 cm³/mol. The summed E-state index contributed by atoms with van der Waals surface area (Å²) in [6, 6.07) is 9.82. The number of thioether (sulfide) groups is 1. The monoisotopic (exact) mass is 385 g/mol. The Morgan fingerprint density at radius 1 is 1.30 bits per heavy atom. The number of carbonyl (C=O) groups excluding carboxylic acids is 1. The molecule has 1 unspecified atom stereocenters. The van der Waals surface area contributed by atoms with Gasteiger partial charge in [-0.1, -0.05) is 50.2 Å². The molecule has 0 fully saturated rings. The molecule has 1 amide bonds. The summed E-state index contributed by atoms with van der Waals surface area (Å²) in [5, 5.41) is 0.735. The summed E-state index contributed by atoms with van der Waals surface area (Å²) >= 11 is 1.51. The average Bonchev–Trinajstić information content (AvgIpc) is 2.69. The van der Waals surface area contributed by atoms with E-state index in [1.165, 1.54) is 11.8 Å². The highest BCUT2D eigenvalue weighted by atomic mass is 32.2. The standard InChI is InChI=1S/C21H27N3O2S/c1-4-6-12-23(17-10-8-7-9-11-17)19(25)16-13-24-20(26)18(5-2)15(3)22-21(24)27-14-16/h7-11,16H,4-6,12-14H2,1-3H3. The van der Waals surface area contributed by atoms with Gasteiger partial charge in [0.15, 0.2) is 5.16 Å². The van der Waals surface area contributed by atoms with E-state index < -0.39 is 0 Å². The molecule has 1 aromatic heterocycles. The number of aryl methyl sites for hydroxylation is 1. The number of fused-ring (bicyclic) bond motifs is 1. The van der Waals surface area contributed by atoms with Crippen molar-refractivity contribution in [1.82, 2.24) is 9.55 Å². The number of unbranched alkanes of at least 4 members (excludes halogenated alkanes) is 1. The summed E-state index contributed by atoms with van der Waals surface area (Å²) in [5.41, 5.74) is 2.48. The molecule has 27 heavy (non-hydrogen) atoms. The molecule has 0 radical (unpaired) electrons. The Balaban J connectivity index is 1.88. The lowest BCUT2D eigenvalue weighted by atomic mass is 10.1. The zero-order chi connectivity index (χ0) is 19.4. The molecule has 5 nitrogen and oxygen atoms in total. The Kier molecular flexibility index (Phi) is 6.37. The van der Waals surface area contributed by atoms with Crippen molar-refractivity contribution in [3.63, 3.8) is 0 Å². The van der Waals surface area contributed by atoms with E-state index >= 15 is 0 Å². The normalized spacial score (nSPS) is 16.0. The Hall–Kier alpha value is -2.08. The van der Waals surface area contributed by atoms with E-state index in [9.17, 15) is 9.59 Å². The summed E-state index contributed by atoms with van der Waals surface area (Å²) in [4.78, 5) is 32.6. The average molecular weight is 386 g/mol. The maximum atomic E-state index is 13.3. The number of nitrogens with zero attached hydrogens (tertiary/aromatic N) is 3. The van der Waals surface area contributed by atoms with Gasteiger partial charge in [-0.3, -0.25) is 14.2 Å². The second-order valence-electron chi connectivity index (χ2n) is 6.91. The fraction of sp³-hybridized carbons (Fsp3) is 0.476. The first kappa shape index (κ1) is 19.7. The van der Waals surface area contributed by atoms with Gasteiger partial charge >= 0.3 is 0 Å². The van der Waals surface area contributed by atoms with Gasteiger partial charge in [-0.25, -0.2) is 4.98 Å². The zero-order valence-electron chi connectivity index (χ0n) is 16.3. The molecular formula is C21H27N3O2S. The molecule has 1 aliphatic rings. The first-order chi connectivity index (χ1) is 13.1. The van der Waals surface area contributed by atoms with Crippen molar-refractivity contribution in [3.05, 3.63) is 51.9 Å². The third-order valence-corrected chi connectivity index (χ3v) is 6.16. The number of hydrogen-bond donors (Lipinski definition) is 0. The Morgan fingerprint density at radius 2 is 2.04 bits per heavy atom. The lowest BCUT2D eigenvalue weighted by Gasteiger charge is -2.30. The number of rotatable bonds is 6. The van der Waals surface area contributed by atoms with Crippen LogP contribution in [0.4, 0.5) is 5.69 Å². The van der Waals surface area contributed by atoms with Gasteiger partial charge in [-0.05, 0) is 31.9 Å². The Bertz CT molecular complexity index is 864. The van der Waals surface area contributed by atoms with Crippen LogP contribution >= 0.6 is 11.8 Å². The number of carbonyl (C=O) groups is 1. The van der Waals surface area contributed by atoms with Gasteiger partial charge in [-0.2, -0.15) is 0 Å². The largest absolute Gasteiger partial charge is 0.312 e. The highest BCUT2D eigenvalue weighted by Crippen LogP contribution is 2.28. The van der Waals surface area contributed by atoms with Crippen LogP contribution < -0.4 is 10.5 Å². The van der Waals surface area contributed by atoms with Gasteiger partial charge in [0.2, 0.25) is 5.91 Å². The SMILES string of the molecule is CCCCN(C(=O)C1CSc2nc(C)c(CC)c(=O)n2C1)c1ccccc1. The fourth-order valence-electron chi connectivity index (χ4n) is 3.46. The molecule has 1 aromatic carbocycles. The molecule has 144 valence electrons. The van der Waals surface area contributed by atoms with Crippen LogP contribution in [0.3, 0.4) is 0 Å². The Morgan fingerprint density at radius 3 is 2.70 bits per heavy atom. The minimum Gasteiger partial charge on any atom is -0.312 e. The minimum absolute atomic E-state index is 0.00446. The predicted octanol–water partition coefficient (Wildman–Crippen LogP) is 3.67. The van der Waals surface area contributed by atoms with Crippen LogP contribution in [-0.2, 0) is 17.8 Å². The van der Waals surface area contributed by atoms with Crippen LogP contribution in [0.25, 0.3) is 0 Å². The van der Waals surface area contributed by atoms with E-state index in [-0.39, 0.29) is 17.4 Å². The molecule has 0 saturated heterocycles. The molecule has 0 spiro atoms. The van der Waals surface area contributed by atoms with Gasteiger partial charge < -0.3 is 4.90 Å². The number of amides is 1. The van der Waals surface area contributed by atoms with E-state index in [2.05, 4.69) is 11.9 Å². The molecule has 0 N–H and O–H groups in total. The number of anilines is 1. The first-order valence-corrected chi connectivity index (χ1v) is 10.6. The maximum Gasteiger partial charge on any atom is 0.257 e. The van der Waals surface area contributed by atoms with Crippen molar-refractivity contribution in [2.75, 3.05) is 17.2 Å². The molecule has 0 saturated carbocycles. The van der Waals surface area contributed by atoms with Gasteiger partial charge in [0.05, 0.1) is 5.92 Å². The van der Waals surface area contributed by atoms with Crippen molar-refractivity contribution in [1.29, 1.82) is 0 Å². The zero-order valence-corrected chi connectivity index (χ0v) is 17.1. The quantitative estimate of drug-likeness (QED) is 0.712. The third kappa shape index (κ3) is 4.10. The number of hydrogen-bond acceptors (Lipinski definition) is 4. The van der Waals surface area contributed by atoms with Gasteiger partial charge in [-0.15, -0.1) is 0 Å². The van der Waals surface area contributed by atoms with Gasteiger partial charge in [0.25, 0.3) is 5.56 Å². The summed E-state index contributed by atoms with van der Waals surface area (Å²) in [5.74, 6) is 0.538. The smallest absolute Gasteiger partial charge is 0.257 e. The summed E-state index contributed by atoms with van der Waals surface area (Å²) in [6.45, 7) is 7.10. The number of aromatic nitrogens is 2. The minimum atomic E-state index is -0.216. The van der Waals surface area contributed by atoms with E-state index in [0.717, 1.165) is 34.9 Å². The molecule has 2 aromatic rings. The second-order valence-corrected chi connectivity index (χ2v) is 7.90. The van der Waals surface area contributed by atoms with E-state index in [0.29, 0.717) is 25.3 Å². The summed E-state index contributed by atoms with van der Waals surface area (Å²) in [7, 11) is 0. The van der Waals surface area contributed by atoms with Crippen molar-refractivity contribution in [2.24, 2.45) is 5.92 Å². The third-order valence-electron chi connectivity index (χ3n) is 5.02. The van der Waals surface area contributed by atoms with Crippen molar-refractivity contribution in [3.8, 4) is 0 Å². The first-order valence-electron chi connectivity index (χ1n) is 9.66. The van der Waals surface area contributed by atoms with Crippen LogP contribution in [0.2, 0.25) is 0 Å². The molecule has 3 rings (SSSR count). The van der Waals surface area contributed by atoms with Gasteiger partial charge in [0.1, 0.15) is 0 Å². The summed E-state index contributed by atoms with van der Waals surface area (Å²) < 4.78 is 1.70. The van der Waals surface area contributed by atoms with Crippen molar-refractivity contribution < 1.29 is 4.79 Å². The fourth-order valence-corrected chi connectivity index (χ4v) is 4.58. The summed E-state index contributed by atoms with van der Waals surface area (Å²) in [6.07, 6.45) is 2.65.